The third kappa shape index (κ3) is 3.57. The van der Waals surface area contributed by atoms with Gasteiger partial charge >= 0.3 is 0 Å². The summed E-state index contributed by atoms with van der Waals surface area (Å²) in [6.45, 7) is 4.98. The summed E-state index contributed by atoms with van der Waals surface area (Å²) in [6, 6.07) is 10.7. The van der Waals surface area contributed by atoms with E-state index in [1.807, 2.05) is 32.0 Å². The SMILES string of the molecule is CCN=C(NC(C)c1ccccc1)N(C)C. The van der Waals surface area contributed by atoms with E-state index in [9.17, 15) is 0 Å². The van der Waals surface area contributed by atoms with E-state index in [4.69, 9.17) is 0 Å². The van der Waals surface area contributed by atoms with Gasteiger partial charge in [0, 0.05) is 20.6 Å². The maximum atomic E-state index is 4.42. The predicted octanol–water partition coefficient (Wildman–Crippen LogP) is 2.27. The fraction of sp³-hybridized carbons (Fsp3) is 0.462. The van der Waals surface area contributed by atoms with Crippen molar-refractivity contribution in [1.82, 2.24) is 10.2 Å². The first-order valence-corrected chi connectivity index (χ1v) is 5.68. The van der Waals surface area contributed by atoms with E-state index >= 15 is 0 Å². The van der Waals surface area contributed by atoms with Crippen LogP contribution in [0.2, 0.25) is 0 Å². The number of benzene rings is 1. The molecule has 3 heteroatoms. The van der Waals surface area contributed by atoms with Crippen LogP contribution in [0.4, 0.5) is 0 Å². The molecule has 0 heterocycles. The van der Waals surface area contributed by atoms with Crippen LogP contribution in [-0.4, -0.2) is 31.5 Å². The summed E-state index contributed by atoms with van der Waals surface area (Å²) in [5.74, 6) is 0.929. The van der Waals surface area contributed by atoms with Gasteiger partial charge in [-0.2, -0.15) is 0 Å². The zero-order valence-electron chi connectivity index (χ0n) is 10.6. The molecule has 3 nitrogen and oxygen atoms in total. The van der Waals surface area contributed by atoms with E-state index in [0.717, 1.165) is 12.5 Å². The normalized spacial score (nSPS) is 13.4. The lowest BCUT2D eigenvalue weighted by molar-refractivity contribution is 0.555. The van der Waals surface area contributed by atoms with Gasteiger partial charge in [0.25, 0.3) is 0 Å². The molecule has 0 aliphatic heterocycles. The smallest absolute Gasteiger partial charge is 0.193 e. The molecule has 0 saturated carbocycles. The van der Waals surface area contributed by atoms with Crippen LogP contribution in [-0.2, 0) is 0 Å². The molecule has 0 aliphatic rings. The zero-order valence-corrected chi connectivity index (χ0v) is 10.6. The minimum absolute atomic E-state index is 0.272. The van der Waals surface area contributed by atoms with Crippen LogP contribution >= 0.6 is 0 Å². The highest BCUT2D eigenvalue weighted by Gasteiger charge is 2.08. The molecule has 1 atom stereocenters. The Balaban J connectivity index is 2.69. The summed E-state index contributed by atoms with van der Waals surface area (Å²) in [6.07, 6.45) is 0. The molecule has 0 aliphatic carbocycles. The Kier molecular flexibility index (Phi) is 4.83. The number of nitrogens with zero attached hydrogens (tertiary/aromatic N) is 2. The third-order valence-corrected chi connectivity index (χ3v) is 2.38. The van der Waals surface area contributed by atoms with Crippen molar-refractivity contribution < 1.29 is 0 Å². The van der Waals surface area contributed by atoms with Crippen LogP contribution in [0.15, 0.2) is 35.3 Å². The minimum Gasteiger partial charge on any atom is -0.350 e. The van der Waals surface area contributed by atoms with Gasteiger partial charge < -0.3 is 10.2 Å². The molecule has 0 amide bonds. The molecule has 1 N–H and O–H groups in total. The van der Waals surface area contributed by atoms with Crippen LogP contribution in [0.3, 0.4) is 0 Å². The number of rotatable bonds is 3. The second-order valence-corrected chi connectivity index (χ2v) is 3.97. The van der Waals surface area contributed by atoms with E-state index in [1.165, 1.54) is 5.56 Å². The Morgan fingerprint density at radius 3 is 2.44 bits per heavy atom. The second-order valence-electron chi connectivity index (χ2n) is 3.97. The molecule has 1 rings (SSSR count). The minimum atomic E-state index is 0.272. The molecule has 16 heavy (non-hydrogen) atoms. The maximum Gasteiger partial charge on any atom is 0.193 e. The Labute approximate surface area is 98.2 Å². The third-order valence-electron chi connectivity index (χ3n) is 2.38. The van der Waals surface area contributed by atoms with Gasteiger partial charge in [0.05, 0.1) is 6.04 Å². The van der Waals surface area contributed by atoms with Gasteiger partial charge in [-0.3, -0.25) is 4.99 Å². The molecule has 1 aromatic carbocycles. The quantitative estimate of drug-likeness (QED) is 0.624. The van der Waals surface area contributed by atoms with Gasteiger partial charge in [0.2, 0.25) is 0 Å². The van der Waals surface area contributed by atoms with E-state index in [1.54, 1.807) is 0 Å². The lowest BCUT2D eigenvalue weighted by atomic mass is 10.1. The fourth-order valence-electron chi connectivity index (χ4n) is 1.48. The van der Waals surface area contributed by atoms with E-state index in [0.29, 0.717) is 0 Å². The monoisotopic (exact) mass is 219 g/mol. The van der Waals surface area contributed by atoms with Crippen LogP contribution < -0.4 is 5.32 Å². The summed E-state index contributed by atoms with van der Waals surface area (Å²) in [4.78, 5) is 6.42. The van der Waals surface area contributed by atoms with Crippen molar-refractivity contribution in [2.24, 2.45) is 4.99 Å². The molecular weight excluding hydrogens is 198 g/mol. The molecule has 0 saturated heterocycles. The summed E-state index contributed by atoms with van der Waals surface area (Å²) in [7, 11) is 4.00. The second kappa shape index (κ2) is 6.16. The molecule has 0 aromatic heterocycles. The zero-order chi connectivity index (χ0) is 12.0. The predicted molar refractivity (Wildman–Crippen MR) is 69.7 cm³/mol. The van der Waals surface area contributed by atoms with Crippen molar-refractivity contribution in [3.8, 4) is 0 Å². The Hall–Kier alpha value is -1.51. The van der Waals surface area contributed by atoms with Crippen LogP contribution in [0, 0.1) is 0 Å². The van der Waals surface area contributed by atoms with Gasteiger partial charge in [-0.15, -0.1) is 0 Å². The number of hydrogen-bond donors (Lipinski definition) is 1. The van der Waals surface area contributed by atoms with Crippen molar-refractivity contribution in [3.63, 3.8) is 0 Å². The Morgan fingerprint density at radius 1 is 1.31 bits per heavy atom. The average Bonchev–Trinajstić information content (AvgIpc) is 2.29. The topological polar surface area (TPSA) is 27.6 Å². The van der Waals surface area contributed by atoms with Crippen LogP contribution in [0.5, 0.6) is 0 Å². The lowest BCUT2D eigenvalue weighted by Gasteiger charge is -2.22. The van der Waals surface area contributed by atoms with Gasteiger partial charge in [0.15, 0.2) is 5.96 Å². The van der Waals surface area contributed by atoms with Crippen molar-refractivity contribution in [1.29, 1.82) is 0 Å². The van der Waals surface area contributed by atoms with Gasteiger partial charge in [-0.05, 0) is 19.4 Å². The maximum absolute atomic E-state index is 4.42. The number of aliphatic imine (C=N–C) groups is 1. The van der Waals surface area contributed by atoms with Crippen molar-refractivity contribution >= 4 is 5.96 Å². The van der Waals surface area contributed by atoms with Crippen LogP contribution in [0.25, 0.3) is 0 Å². The summed E-state index contributed by atoms with van der Waals surface area (Å²) < 4.78 is 0. The van der Waals surface area contributed by atoms with Gasteiger partial charge in [-0.25, -0.2) is 0 Å². The molecule has 0 spiro atoms. The molecule has 0 fully saturated rings. The van der Waals surface area contributed by atoms with Gasteiger partial charge in [-0.1, -0.05) is 30.3 Å². The van der Waals surface area contributed by atoms with Crippen molar-refractivity contribution in [2.45, 2.75) is 19.9 Å². The van der Waals surface area contributed by atoms with Crippen molar-refractivity contribution in [3.05, 3.63) is 35.9 Å². The first-order valence-electron chi connectivity index (χ1n) is 5.68. The largest absolute Gasteiger partial charge is 0.350 e. The number of hydrogen-bond acceptors (Lipinski definition) is 1. The fourth-order valence-corrected chi connectivity index (χ4v) is 1.48. The molecule has 0 radical (unpaired) electrons. The number of guanidine groups is 1. The van der Waals surface area contributed by atoms with Gasteiger partial charge in [0.1, 0.15) is 0 Å². The highest BCUT2D eigenvalue weighted by atomic mass is 15.3. The first-order chi connectivity index (χ1) is 7.65. The molecule has 1 unspecified atom stereocenters. The molecule has 0 bridgehead atoms. The molecule has 1 aromatic rings. The molecule has 88 valence electrons. The summed E-state index contributed by atoms with van der Waals surface area (Å²) in [5, 5.41) is 3.41. The van der Waals surface area contributed by atoms with E-state index < -0.39 is 0 Å². The highest BCUT2D eigenvalue weighted by molar-refractivity contribution is 5.79. The summed E-state index contributed by atoms with van der Waals surface area (Å²) in [5.41, 5.74) is 1.27. The van der Waals surface area contributed by atoms with E-state index in [-0.39, 0.29) is 6.04 Å². The first kappa shape index (κ1) is 12.6. The number of nitrogens with one attached hydrogen (secondary N) is 1. The van der Waals surface area contributed by atoms with E-state index in [2.05, 4.69) is 41.5 Å². The summed E-state index contributed by atoms with van der Waals surface area (Å²) >= 11 is 0. The average molecular weight is 219 g/mol. The van der Waals surface area contributed by atoms with Crippen LogP contribution in [0.1, 0.15) is 25.5 Å². The lowest BCUT2D eigenvalue weighted by Crippen LogP contribution is -2.38. The highest BCUT2D eigenvalue weighted by Crippen LogP contribution is 2.11. The van der Waals surface area contributed by atoms with Crippen molar-refractivity contribution in [2.75, 3.05) is 20.6 Å². The molecular formula is C13H21N3. The Bertz CT molecular complexity index is 330. The standard InChI is InChI=1S/C13H21N3/c1-5-14-13(16(3)4)15-11(2)12-9-7-6-8-10-12/h6-11H,5H2,1-4H3,(H,14,15). The Morgan fingerprint density at radius 2 is 1.94 bits per heavy atom.